The average Bonchev–Trinajstić information content (AvgIpc) is 3.01. The van der Waals surface area contributed by atoms with Gasteiger partial charge in [-0.05, 0) is 56.7 Å². The van der Waals surface area contributed by atoms with Crippen LogP contribution in [-0.2, 0) is 26.0 Å². The monoisotopic (exact) mass is 611 g/mol. The molecule has 43 heavy (non-hydrogen) atoms. The molecular weight excluding hydrogens is 558 g/mol. The Bertz CT molecular complexity index is 1250. The highest BCUT2D eigenvalue weighted by Gasteiger charge is 2.54. The van der Waals surface area contributed by atoms with Crippen molar-refractivity contribution >= 4 is 15.7 Å². The number of hydrazone groups is 1. The molecule has 7 nitrogen and oxygen atoms in total. The van der Waals surface area contributed by atoms with Crippen molar-refractivity contribution in [1.82, 2.24) is 9.73 Å². The maximum Gasteiger partial charge on any atom is 0.276 e. The van der Waals surface area contributed by atoms with Crippen molar-refractivity contribution in [3.05, 3.63) is 65.7 Å². The van der Waals surface area contributed by atoms with Gasteiger partial charge in [-0.25, -0.2) is 4.83 Å². The predicted octanol–water partition coefficient (Wildman–Crippen LogP) is 7.59. The normalized spacial score (nSPS) is 25.8. The summed E-state index contributed by atoms with van der Waals surface area (Å²) in [5.74, 6) is 0.299. The van der Waals surface area contributed by atoms with Crippen LogP contribution in [0, 0.1) is 12.8 Å². The SMILES string of the molecule is CCCCC[C@H]1C/C(=N\NS(=O)(=O)c2ccc(C)cc2)C[C@]2(CCC[C@@H](OCOC)[C@@H]2CCCC)N1Cc1ccccc1. The lowest BCUT2D eigenvalue weighted by Crippen LogP contribution is -2.65. The second-order valence-electron chi connectivity index (χ2n) is 12.6. The second kappa shape index (κ2) is 16.2. The number of aryl methyl sites for hydroxylation is 1. The van der Waals surface area contributed by atoms with Crippen LogP contribution in [0.2, 0.25) is 0 Å². The van der Waals surface area contributed by atoms with Crippen molar-refractivity contribution in [2.24, 2.45) is 11.0 Å². The highest BCUT2D eigenvalue weighted by molar-refractivity contribution is 7.89. The summed E-state index contributed by atoms with van der Waals surface area (Å²) in [5.41, 5.74) is 3.12. The van der Waals surface area contributed by atoms with Gasteiger partial charge < -0.3 is 9.47 Å². The molecule has 0 radical (unpaired) electrons. The van der Waals surface area contributed by atoms with Gasteiger partial charge in [0.15, 0.2) is 0 Å². The minimum atomic E-state index is -3.76. The topological polar surface area (TPSA) is 80.2 Å². The number of nitrogens with one attached hydrogen (secondary N) is 1. The fourth-order valence-corrected chi connectivity index (χ4v) is 8.21. The molecule has 238 valence electrons. The average molecular weight is 612 g/mol. The summed E-state index contributed by atoms with van der Waals surface area (Å²) in [7, 11) is -2.07. The highest BCUT2D eigenvalue weighted by Crippen LogP contribution is 2.50. The minimum absolute atomic E-state index is 0.0958. The number of unbranched alkanes of at least 4 members (excludes halogenated alkanes) is 3. The third kappa shape index (κ3) is 8.68. The van der Waals surface area contributed by atoms with Gasteiger partial charge in [-0.15, -0.1) is 0 Å². The first kappa shape index (κ1) is 33.6. The summed E-state index contributed by atoms with van der Waals surface area (Å²) in [5, 5.41) is 4.71. The molecule has 1 aliphatic carbocycles. The number of nitrogens with zero attached hydrogens (tertiary/aromatic N) is 2. The third-order valence-electron chi connectivity index (χ3n) is 9.49. The van der Waals surface area contributed by atoms with E-state index in [9.17, 15) is 8.42 Å². The number of methoxy groups -OCH3 is 1. The molecule has 1 N–H and O–H groups in total. The van der Waals surface area contributed by atoms with E-state index in [0.717, 1.165) is 82.0 Å². The van der Waals surface area contributed by atoms with Crippen molar-refractivity contribution in [3.8, 4) is 0 Å². The fourth-order valence-electron chi connectivity index (χ4n) is 7.36. The number of likely N-dealkylation sites (tertiary alicyclic amines) is 1. The molecule has 0 bridgehead atoms. The molecule has 0 aromatic heterocycles. The van der Waals surface area contributed by atoms with Gasteiger partial charge in [0.25, 0.3) is 10.0 Å². The number of ether oxygens (including phenoxy) is 2. The van der Waals surface area contributed by atoms with Crippen molar-refractivity contribution in [3.63, 3.8) is 0 Å². The largest absolute Gasteiger partial charge is 0.359 e. The van der Waals surface area contributed by atoms with E-state index in [0.29, 0.717) is 12.7 Å². The van der Waals surface area contributed by atoms with Crippen LogP contribution in [0.5, 0.6) is 0 Å². The Labute approximate surface area is 260 Å². The van der Waals surface area contributed by atoms with Gasteiger partial charge in [0.05, 0.1) is 11.0 Å². The van der Waals surface area contributed by atoms with Gasteiger partial charge in [-0.1, -0.05) is 94.0 Å². The van der Waals surface area contributed by atoms with Crippen LogP contribution in [0.15, 0.2) is 64.6 Å². The number of benzene rings is 2. The van der Waals surface area contributed by atoms with Crippen LogP contribution in [0.25, 0.3) is 0 Å². The first-order chi connectivity index (χ1) is 20.8. The summed E-state index contributed by atoms with van der Waals surface area (Å²) in [6.45, 7) is 7.62. The molecule has 0 amide bonds. The summed E-state index contributed by atoms with van der Waals surface area (Å²) in [4.78, 5) is 5.67. The number of piperidine rings is 1. The van der Waals surface area contributed by atoms with Crippen molar-refractivity contribution in [1.29, 1.82) is 0 Å². The first-order valence-electron chi connectivity index (χ1n) is 16.4. The van der Waals surface area contributed by atoms with E-state index in [4.69, 9.17) is 14.6 Å². The quantitative estimate of drug-likeness (QED) is 0.128. The van der Waals surface area contributed by atoms with Gasteiger partial charge in [0.2, 0.25) is 0 Å². The number of rotatable bonds is 15. The molecule has 1 heterocycles. The molecule has 2 aliphatic rings. The molecule has 2 aromatic carbocycles. The van der Waals surface area contributed by atoms with Crippen LogP contribution in [0.1, 0.15) is 102 Å². The van der Waals surface area contributed by atoms with Gasteiger partial charge in [-0.2, -0.15) is 13.5 Å². The van der Waals surface area contributed by atoms with Gasteiger partial charge in [0, 0.05) is 49.7 Å². The Balaban J connectivity index is 1.75. The second-order valence-corrected chi connectivity index (χ2v) is 14.2. The zero-order valence-electron chi connectivity index (χ0n) is 26.8. The van der Waals surface area contributed by atoms with E-state index in [1.165, 1.54) is 18.4 Å². The Morgan fingerprint density at radius 2 is 1.74 bits per heavy atom. The van der Waals surface area contributed by atoms with Crippen LogP contribution in [-0.4, -0.2) is 50.6 Å². The van der Waals surface area contributed by atoms with Crippen molar-refractivity contribution < 1.29 is 17.9 Å². The van der Waals surface area contributed by atoms with Gasteiger partial charge >= 0.3 is 0 Å². The van der Waals surface area contributed by atoms with E-state index in [1.54, 1.807) is 19.2 Å². The lowest BCUT2D eigenvalue weighted by molar-refractivity contribution is -0.153. The third-order valence-corrected chi connectivity index (χ3v) is 10.7. The number of hydrogen-bond donors (Lipinski definition) is 1. The molecule has 1 spiro atoms. The van der Waals surface area contributed by atoms with Crippen LogP contribution >= 0.6 is 0 Å². The maximum absolute atomic E-state index is 13.3. The predicted molar refractivity (Wildman–Crippen MR) is 174 cm³/mol. The zero-order chi connectivity index (χ0) is 30.7. The molecule has 0 unspecified atom stereocenters. The molecule has 1 saturated carbocycles. The van der Waals surface area contributed by atoms with Gasteiger partial charge in [-0.3, -0.25) is 4.90 Å². The Morgan fingerprint density at radius 3 is 2.44 bits per heavy atom. The minimum Gasteiger partial charge on any atom is -0.359 e. The summed E-state index contributed by atoms with van der Waals surface area (Å²) >= 11 is 0. The number of hydrogen-bond acceptors (Lipinski definition) is 6. The van der Waals surface area contributed by atoms with Crippen LogP contribution < -0.4 is 4.83 Å². The number of sulfonamides is 1. The van der Waals surface area contributed by atoms with E-state index >= 15 is 0 Å². The van der Waals surface area contributed by atoms with Crippen LogP contribution in [0.4, 0.5) is 0 Å². The molecule has 4 atom stereocenters. The van der Waals surface area contributed by atoms with Crippen molar-refractivity contribution in [2.45, 2.75) is 127 Å². The summed E-state index contributed by atoms with van der Waals surface area (Å²) in [6, 6.07) is 18.0. The fraction of sp³-hybridized carbons (Fsp3) is 0.629. The smallest absolute Gasteiger partial charge is 0.276 e. The van der Waals surface area contributed by atoms with E-state index < -0.39 is 10.0 Å². The Kier molecular flexibility index (Phi) is 12.6. The zero-order valence-corrected chi connectivity index (χ0v) is 27.6. The summed E-state index contributed by atoms with van der Waals surface area (Å²) in [6.07, 6.45) is 12.6. The molecule has 4 rings (SSSR count). The lowest BCUT2D eigenvalue weighted by atomic mass is 9.62. The molecular formula is C35H53N3O4S. The lowest BCUT2D eigenvalue weighted by Gasteiger charge is -2.59. The van der Waals surface area contributed by atoms with Crippen molar-refractivity contribution in [2.75, 3.05) is 13.9 Å². The molecule has 1 aliphatic heterocycles. The maximum atomic E-state index is 13.3. The molecule has 2 aromatic rings. The van der Waals surface area contributed by atoms with E-state index in [1.807, 2.05) is 19.1 Å². The Morgan fingerprint density at radius 1 is 1.00 bits per heavy atom. The molecule has 2 fully saturated rings. The Hall–Kier alpha value is -2.26. The van der Waals surface area contributed by atoms with E-state index in [2.05, 4.69) is 53.9 Å². The van der Waals surface area contributed by atoms with Crippen LogP contribution in [0.3, 0.4) is 0 Å². The van der Waals surface area contributed by atoms with E-state index in [-0.39, 0.29) is 22.6 Å². The van der Waals surface area contributed by atoms with Gasteiger partial charge in [0.1, 0.15) is 6.79 Å². The summed E-state index contributed by atoms with van der Waals surface area (Å²) < 4.78 is 38.3. The first-order valence-corrected chi connectivity index (χ1v) is 17.9. The molecule has 8 heteroatoms. The highest BCUT2D eigenvalue weighted by atomic mass is 32.2. The standard InChI is InChI=1S/C35H53N3O4S/c1-5-7-10-16-31-24-30(36-37-43(39,40)32-21-19-28(3)20-22-32)25-35(38(31)26-29-14-11-9-12-15-29)23-13-18-34(42-27-41-4)33(35)17-8-6-2/h9,11-12,14-15,19-22,31,33-34,37H,5-8,10,13,16-18,23-27H2,1-4H3/b36-30+/t31-,33-,34+,35-/m0/s1. The molecule has 1 saturated heterocycles.